The molecule has 3 fully saturated rings. The zero-order chi connectivity index (χ0) is 43.8. The van der Waals surface area contributed by atoms with E-state index in [0.29, 0.717) is 58.0 Å². The van der Waals surface area contributed by atoms with Crippen LogP contribution in [-0.2, 0) is 40.6 Å². The number of benzene rings is 4. The first kappa shape index (κ1) is 45.0. The van der Waals surface area contributed by atoms with Gasteiger partial charge in [0.05, 0.1) is 4.90 Å². The van der Waals surface area contributed by atoms with Crippen molar-refractivity contribution in [2.45, 2.75) is 88.2 Å². The first-order valence-electron chi connectivity index (χ1n) is 22.4. The summed E-state index contributed by atoms with van der Waals surface area (Å²) in [5.74, 6) is 0.0136. The summed E-state index contributed by atoms with van der Waals surface area (Å²) in [5.41, 5.74) is 5.76. The van der Waals surface area contributed by atoms with E-state index in [1.807, 2.05) is 45.0 Å². The number of piperazine rings is 1. The van der Waals surface area contributed by atoms with E-state index in [4.69, 9.17) is 0 Å². The summed E-state index contributed by atoms with van der Waals surface area (Å²) in [6.45, 7) is 11.5. The number of likely N-dealkylation sites (tertiary alicyclic amines) is 2. The van der Waals surface area contributed by atoms with E-state index in [1.54, 1.807) is 18.2 Å². The lowest BCUT2D eigenvalue weighted by molar-refractivity contribution is -0.135. The van der Waals surface area contributed by atoms with Crippen molar-refractivity contribution in [2.75, 3.05) is 71.3 Å². The van der Waals surface area contributed by atoms with Crippen molar-refractivity contribution in [3.05, 3.63) is 107 Å². The standard InChI is InChI=1S/C38H55N7O3.C10H8O3S/c1-4-29-11-10-28(26-30(29)5-2)27-35(36(46)43-24-22-42(23-25-43)32-13-17-41(3)18-14-32)40-37(47)44-19-15-33(16-20-44)45-21-12-31-8-6-7-9-34(31)39-38(45)48;11-14(12,13)10-6-5-8-3-1-2-4-9(8)7-10/h6-11,26,32-33,35H,4-5,12-25,27H2,1-3H3,(H,39,48)(H,40,47);1-7H,(H,11,12,13)/p-1/t35-;/m1./s1. The number of amides is 5. The van der Waals surface area contributed by atoms with Gasteiger partial charge in [0.2, 0.25) is 5.91 Å². The number of anilines is 1. The molecule has 1 atom stereocenters. The van der Waals surface area contributed by atoms with Crippen molar-refractivity contribution >= 4 is 44.5 Å². The highest BCUT2D eigenvalue weighted by Crippen LogP contribution is 2.26. The van der Waals surface area contributed by atoms with Crippen LogP contribution in [-0.4, -0.2) is 140 Å². The molecule has 8 rings (SSSR count). The minimum absolute atomic E-state index is 0.0136. The maximum Gasteiger partial charge on any atom is 0.322 e. The molecule has 0 spiro atoms. The molecule has 0 radical (unpaired) electrons. The maximum absolute atomic E-state index is 14.2. The van der Waals surface area contributed by atoms with Gasteiger partial charge in [0, 0.05) is 70.0 Å². The monoisotopic (exact) mass is 864 g/mol. The highest BCUT2D eigenvalue weighted by molar-refractivity contribution is 7.85. The Kier molecular flexibility index (Phi) is 14.8. The Morgan fingerprint density at radius 3 is 2.10 bits per heavy atom. The lowest BCUT2D eigenvalue weighted by atomic mass is 9.96. The van der Waals surface area contributed by atoms with Gasteiger partial charge in [0.1, 0.15) is 16.2 Å². The van der Waals surface area contributed by atoms with Crippen LogP contribution in [0.15, 0.2) is 89.8 Å². The average molecular weight is 865 g/mol. The molecule has 3 saturated heterocycles. The van der Waals surface area contributed by atoms with Crippen LogP contribution in [0.3, 0.4) is 0 Å². The molecule has 0 saturated carbocycles. The van der Waals surface area contributed by atoms with Gasteiger partial charge in [-0.15, -0.1) is 0 Å². The van der Waals surface area contributed by atoms with E-state index in [0.717, 1.165) is 73.0 Å². The molecule has 13 nitrogen and oxygen atoms in total. The van der Waals surface area contributed by atoms with Gasteiger partial charge < -0.3 is 34.8 Å². The number of carbonyl (C=O) groups is 3. The number of nitrogens with zero attached hydrogens (tertiary/aromatic N) is 5. The van der Waals surface area contributed by atoms with Gasteiger partial charge in [-0.25, -0.2) is 18.0 Å². The second-order valence-corrected chi connectivity index (χ2v) is 18.5. The van der Waals surface area contributed by atoms with E-state index < -0.39 is 16.2 Å². The van der Waals surface area contributed by atoms with E-state index in [-0.39, 0.29) is 28.9 Å². The molecule has 0 unspecified atom stereocenters. The fourth-order valence-electron chi connectivity index (χ4n) is 9.49. The van der Waals surface area contributed by atoms with Crippen LogP contribution in [0, 0.1) is 0 Å². The molecule has 332 valence electrons. The summed E-state index contributed by atoms with van der Waals surface area (Å²) in [5, 5.41) is 7.94. The van der Waals surface area contributed by atoms with Gasteiger partial charge >= 0.3 is 12.1 Å². The van der Waals surface area contributed by atoms with Gasteiger partial charge in [-0.05, 0) is 116 Å². The Labute approximate surface area is 367 Å². The summed E-state index contributed by atoms with van der Waals surface area (Å²) in [6, 6.07) is 25.9. The van der Waals surface area contributed by atoms with E-state index >= 15 is 0 Å². The van der Waals surface area contributed by atoms with Crippen molar-refractivity contribution in [1.29, 1.82) is 0 Å². The Hall–Kier alpha value is -5.02. The van der Waals surface area contributed by atoms with Crippen LogP contribution in [0.25, 0.3) is 10.8 Å². The molecule has 4 aliphatic rings. The lowest BCUT2D eigenvalue weighted by Gasteiger charge is -2.43. The smallest absolute Gasteiger partial charge is 0.322 e. The molecule has 4 heterocycles. The Balaban J connectivity index is 0.000000348. The molecule has 4 aromatic rings. The second kappa shape index (κ2) is 20.4. The summed E-state index contributed by atoms with van der Waals surface area (Å²) in [7, 11) is -2.15. The maximum atomic E-state index is 14.2. The van der Waals surface area contributed by atoms with Crippen molar-refractivity contribution in [3.8, 4) is 0 Å². The normalized spacial score (nSPS) is 18.9. The SMILES string of the molecule is CCc1ccc(C[C@@H](NC(=O)N2CCC(N3CCc4ccccc4NC3=O)CC2)C(=O)N2CCN(C3CCN(C)CC3)CC2)cc1CC.O=S(=O)([O-])c1ccc2ccccc2c1. The lowest BCUT2D eigenvalue weighted by Crippen LogP contribution is -2.59. The summed E-state index contributed by atoms with van der Waals surface area (Å²) >= 11 is 0. The second-order valence-electron chi connectivity index (χ2n) is 17.1. The van der Waals surface area contributed by atoms with Crippen molar-refractivity contribution in [1.82, 2.24) is 29.8 Å². The third kappa shape index (κ3) is 11.1. The predicted molar refractivity (Wildman–Crippen MR) is 242 cm³/mol. The number of urea groups is 2. The van der Waals surface area contributed by atoms with Gasteiger partial charge in [-0.1, -0.05) is 80.6 Å². The number of aryl methyl sites for hydroxylation is 2. The van der Waals surface area contributed by atoms with Crippen LogP contribution < -0.4 is 10.6 Å². The number of rotatable bonds is 9. The molecule has 0 bridgehead atoms. The molecule has 2 N–H and O–H groups in total. The molecule has 62 heavy (non-hydrogen) atoms. The van der Waals surface area contributed by atoms with Gasteiger partial charge in [0.25, 0.3) is 0 Å². The number of fused-ring (bicyclic) bond motifs is 2. The number of hydrogen-bond acceptors (Lipinski definition) is 8. The molecule has 5 amide bonds. The van der Waals surface area contributed by atoms with Crippen molar-refractivity contribution in [3.63, 3.8) is 0 Å². The molecule has 4 aromatic carbocycles. The molecule has 0 aliphatic carbocycles. The Bertz CT molecular complexity index is 2300. The summed E-state index contributed by atoms with van der Waals surface area (Å²) in [6.07, 6.45) is 7.00. The topological polar surface area (TPSA) is 149 Å². The fraction of sp³-hybridized carbons (Fsp3) is 0.479. The highest BCUT2D eigenvalue weighted by atomic mass is 32.2. The number of hydrogen-bond donors (Lipinski definition) is 2. The Morgan fingerprint density at radius 1 is 0.742 bits per heavy atom. The zero-order valence-corrected chi connectivity index (χ0v) is 37.2. The Morgan fingerprint density at radius 2 is 1.40 bits per heavy atom. The molecule has 14 heteroatoms. The van der Waals surface area contributed by atoms with Crippen LogP contribution in [0.1, 0.15) is 61.8 Å². The first-order chi connectivity index (χ1) is 29.9. The van der Waals surface area contributed by atoms with E-state index in [2.05, 4.69) is 65.6 Å². The fourth-order valence-corrected chi connectivity index (χ4v) is 9.99. The van der Waals surface area contributed by atoms with E-state index in [1.165, 1.54) is 36.1 Å². The first-order valence-corrected chi connectivity index (χ1v) is 23.8. The van der Waals surface area contributed by atoms with Crippen LogP contribution in [0.2, 0.25) is 0 Å². The number of nitrogens with one attached hydrogen (secondary N) is 2. The minimum atomic E-state index is -4.34. The molecule has 4 aliphatic heterocycles. The number of piperidine rings is 2. The van der Waals surface area contributed by atoms with Crippen molar-refractivity contribution in [2.24, 2.45) is 0 Å². The predicted octanol–water partition coefficient (Wildman–Crippen LogP) is 5.97. The van der Waals surface area contributed by atoms with Crippen LogP contribution >= 0.6 is 0 Å². The van der Waals surface area contributed by atoms with E-state index in [9.17, 15) is 27.4 Å². The highest BCUT2D eigenvalue weighted by Gasteiger charge is 2.35. The summed E-state index contributed by atoms with van der Waals surface area (Å²) in [4.78, 5) is 51.6. The summed E-state index contributed by atoms with van der Waals surface area (Å²) < 4.78 is 32.2. The molecular formula is C48H62N7O6S-. The van der Waals surface area contributed by atoms with Crippen LogP contribution in [0.5, 0.6) is 0 Å². The molecule has 0 aromatic heterocycles. The molecular weight excluding hydrogens is 803 g/mol. The minimum Gasteiger partial charge on any atom is -0.744 e. The third-order valence-corrected chi connectivity index (χ3v) is 14.1. The van der Waals surface area contributed by atoms with Gasteiger partial charge in [-0.3, -0.25) is 9.69 Å². The van der Waals surface area contributed by atoms with Crippen LogP contribution in [0.4, 0.5) is 15.3 Å². The number of para-hydroxylation sites is 1. The largest absolute Gasteiger partial charge is 0.744 e. The van der Waals surface area contributed by atoms with Gasteiger partial charge in [0.15, 0.2) is 0 Å². The number of carbonyl (C=O) groups excluding carboxylic acids is 3. The zero-order valence-electron chi connectivity index (χ0n) is 36.4. The quantitative estimate of drug-likeness (QED) is 0.196. The third-order valence-electron chi connectivity index (χ3n) is 13.2. The average Bonchev–Trinajstić information content (AvgIpc) is 3.46. The van der Waals surface area contributed by atoms with Gasteiger partial charge in [-0.2, -0.15) is 0 Å². The van der Waals surface area contributed by atoms with Crippen molar-refractivity contribution < 1.29 is 27.4 Å².